The number of unbranched alkanes of at least 4 members (excludes halogenated alkanes) is 2. The van der Waals surface area contributed by atoms with Crippen LogP contribution in [0.3, 0.4) is 0 Å². The molecule has 6 heteroatoms. The van der Waals surface area contributed by atoms with Gasteiger partial charge in [0, 0.05) is 6.61 Å². The molecule has 0 fully saturated rings. The van der Waals surface area contributed by atoms with Crippen LogP contribution >= 0.6 is 0 Å². The van der Waals surface area contributed by atoms with Crippen molar-refractivity contribution in [3.63, 3.8) is 0 Å². The summed E-state index contributed by atoms with van der Waals surface area (Å²) in [6.07, 6.45) is 2.72. The van der Waals surface area contributed by atoms with Crippen LogP contribution in [0.25, 0.3) is 0 Å². The second kappa shape index (κ2) is 8.41. The number of rotatable bonds is 8. The molecule has 0 saturated carbocycles. The molecule has 0 unspecified atom stereocenters. The zero-order valence-electron chi connectivity index (χ0n) is 14.8. The molecule has 0 aliphatic rings. The van der Waals surface area contributed by atoms with Gasteiger partial charge in [-0.1, -0.05) is 20.8 Å². The van der Waals surface area contributed by atoms with Gasteiger partial charge in [-0.2, -0.15) is 5.26 Å². The van der Waals surface area contributed by atoms with Gasteiger partial charge in [-0.25, -0.2) is 9.37 Å². The van der Waals surface area contributed by atoms with E-state index in [-0.39, 0.29) is 16.6 Å². The molecule has 1 aromatic rings. The van der Waals surface area contributed by atoms with E-state index in [1.807, 2.05) is 6.07 Å². The topological polar surface area (TPSA) is 55.1 Å². The number of hydrogen-bond acceptors (Lipinski definition) is 4. The van der Waals surface area contributed by atoms with Crippen molar-refractivity contribution in [1.29, 1.82) is 5.26 Å². The number of hydrogen-bond donors (Lipinski definition) is 0. The fourth-order valence-corrected chi connectivity index (χ4v) is 2.77. The summed E-state index contributed by atoms with van der Waals surface area (Å²) in [5, 5.41) is 8.97. The average Bonchev–Trinajstić information content (AvgIpc) is 2.46. The van der Waals surface area contributed by atoms with Crippen molar-refractivity contribution in [2.45, 2.75) is 58.2 Å². The smallest absolute Gasteiger partial charge is 0.251 e. The Morgan fingerprint density at radius 1 is 1.17 bits per heavy atom. The third-order valence-corrected chi connectivity index (χ3v) is 8.76. The molecule has 1 heterocycles. The van der Waals surface area contributed by atoms with Gasteiger partial charge in [-0.3, -0.25) is 0 Å². The first-order valence-corrected chi connectivity index (χ1v) is 10.9. The molecule has 1 rings (SSSR count). The molecule has 0 spiro atoms. The first kappa shape index (κ1) is 19.6. The minimum Gasteiger partial charge on any atom is -0.476 e. The minimum atomic E-state index is -1.67. The SMILES string of the molecule is CC(C)(C)[Si](C)(C)OCCCCCOc1nc(C#N)ccc1F. The number of nitrogens with zero attached hydrogens (tertiary/aromatic N) is 2. The van der Waals surface area contributed by atoms with Crippen LogP contribution < -0.4 is 4.74 Å². The lowest BCUT2D eigenvalue weighted by molar-refractivity contribution is 0.255. The number of aromatic nitrogens is 1. The number of pyridine rings is 1. The van der Waals surface area contributed by atoms with Crippen molar-refractivity contribution in [3.05, 3.63) is 23.6 Å². The van der Waals surface area contributed by atoms with Gasteiger partial charge >= 0.3 is 0 Å². The van der Waals surface area contributed by atoms with Crippen LogP contribution in [0.1, 0.15) is 45.7 Å². The van der Waals surface area contributed by atoms with Crippen LogP contribution in [-0.2, 0) is 4.43 Å². The molecule has 4 nitrogen and oxygen atoms in total. The van der Waals surface area contributed by atoms with Gasteiger partial charge < -0.3 is 9.16 Å². The lowest BCUT2D eigenvalue weighted by atomic mass is 10.2. The number of nitriles is 1. The van der Waals surface area contributed by atoms with Crippen molar-refractivity contribution in [3.8, 4) is 11.9 Å². The molecular formula is C17H27FN2O2Si. The van der Waals surface area contributed by atoms with Gasteiger partial charge in [0.05, 0.1) is 6.61 Å². The van der Waals surface area contributed by atoms with Crippen molar-refractivity contribution >= 4 is 8.32 Å². The second-order valence-corrected chi connectivity index (χ2v) is 11.9. The Labute approximate surface area is 139 Å². The van der Waals surface area contributed by atoms with Gasteiger partial charge in [-0.15, -0.1) is 0 Å². The summed E-state index contributed by atoms with van der Waals surface area (Å²) in [6, 6.07) is 4.40. The maximum atomic E-state index is 13.5. The van der Waals surface area contributed by atoms with Crippen LogP contribution in [0.15, 0.2) is 12.1 Å². The van der Waals surface area contributed by atoms with Crippen LogP contribution in [0.2, 0.25) is 18.1 Å². The van der Waals surface area contributed by atoms with E-state index in [0.717, 1.165) is 25.9 Å². The van der Waals surface area contributed by atoms with Gasteiger partial charge in [0.1, 0.15) is 11.8 Å². The minimum absolute atomic E-state index is 0.0958. The third kappa shape index (κ3) is 6.28. The van der Waals surface area contributed by atoms with E-state index in [2.05, 4.69) is 38.8 Å². The Balaban J connectivity index is 2.23. The van der Waals surface area contributed by atoms with Crippen LogP contribution in [0, 0.1) is 17.1 Å². The Morgan fingerprint density at radius 3 is 2.43 bits per heavy atom. The van der Waals surface area contributed by atoms with Crippen LogP contribution in [0.5, 0.6) is 5.88 Å². The van der Waals surface area contributed by atoms with Gasteiger partial charge in [0.15, 0.2) is 14.1 Å². The Morgan fingerprint density at radius 2 is 1.83 bits per heavy atom. The zero-order valence-corrected chi connectivity index (χ0v) is 15.8. The number of ether oxygens (including phenoxy) is 1. The molecule has 0 bridgehead atoms. The maximum Gasteiger partial charge on any atom is 0.251 e. The molecule has 0 amide bonds. The standard InChI is InChI=1S/C17H27FN2O2Si/c1-17(2,3)23(4,5)22-12-8-6-7-11-21-16-15(18)10-9-14(13-19)20-16/h9-10H,6-8,11-12H2,1-5H3. The molecule has 0 N–H and O–H groups in total. The molecule has 0 atom stereocenters. The molecule has 128 valence electrons. The Kier molecular flexibility index (Phi) is 7.17. The Bertz CT molecular complexity index is 551. The summed E-state index contributed by atoms with van der Waals surface area (Å²) in [7, 11) is -1.67. The molecule has 0 aliphatic carbocycles. The highest BCUT2D eigenvalue weighted by Crippen LogP contribution is 2.36. The second-order valence-electron chi connectivity index (χ2n) is 7.11. The van der Waals surface area contributed by atoms with E-state index in [9.17, 15) is 4.39 Å². The molecule has 0 saturated heterocycles. The van der Waals surface area contributed by atoms with E-state index in [4.69, 9.17) is 14.4 Å². The van der Waals surface area contributed by atoms with Crippen LogP contribution in [-0.4, -0.2) is 26.5 Å². The highest BCUT2D eigenvalue weighted by Gasteiger charge is 2.36. The van der Waals surface area contributed by atoms with E-state index in [1.165, 1.54) is 12.1 Å². The molecule has 1 aromatic heterocycles. The van der Waals surface area contributed by atoms with Gasteiger partial charge in [0.2, 0.25) is 0 Å². The van der Waals surface area contributed by atoms with Crippen molar-refractivity contribution in [2.75, 3.05) is 13.2 Å². The summed E-state index contributed by atoms with van der Waals surface area (Å²) >= 11 is 0. The van der Waals surface area contributed by atoms with E-state index in [1.54, 1.807) is 0 Å². The van der Waals surface area contributed by atoms with E-state index < -0.39 is 14.1 Å². The van der Waals surface area contributed by atoms with E-state index in [0.29, 0.717) is 6.61 Å². The molecule has 23 heavy (non-hydrogen) atoms. The van der Waals surface area contributed by atoms with Crippen molar-refractivity contribution in [2.24, 2.45) is 0 Å². The molecule has 0 aromatic carbocycles. The molecular weight excluding hydrogens is 311 g/mol. The van der Waals surface area contributed by atoms with E-state index >= 15 is 0 Å². The third-order valence-electron chi connectivity index (χ3n) is 4.22. The Hall–Kier alpha value is -1.45. The summed E-state index contributed by atoms with van der Waals surface area (Å²) in [6.45, 7) is 12.3. The zero-order chi connectivity index (χ0) is 17.5. The highest BCUT2D eigenvalue weighted by molar-refractivity contribution is 6.74. The predicted molar refractivity (Wildman–Crippen MR) is 91.4 cm³/mol. The summed E-state index contributed by atoms with van der Waals surface area (Å²) in [4.78, 5) is 3.81. The van der Waals surface area contributed by atoms with Gasteiger partial charge in [0.25, 0.3) is 5.88 Å². The quantitative estimate of drug-likeness (QED) is 0.511. The fourth-order valence-electron chi connectivity index (χ4n) is 1.68. The largest absolute Gasteiger partial charge is 0.476 e. The lowest BCUT2D eigenvalue weighted by Crippen LogP contribution is -2.40. The maximum absolute atomic E-state index is 13.5. The fraction of sp³-hybridized carbons (Fsp3) is 0.647. The first-order valence-electron chi connectivity index (χ1n) is 8.01. The summed E-state index contributed by atoms with van der Waals surface area (Å²) in [5.41, 5.74) is 0.157. The van der Waals surface area contributed by atoms with Crippen molar-refractivity contribution < 1.29 is 13.6 Å². The lowest BCUT2D eigenvalue weighted by Gasteiger charge is -2.36. The summed E-state index contributed by atoms with van der Waals surface area (Å²) in [5.74, 6) is -0.633. The predicted octanol–water partition coefficient (Wildman–Crippen LogP) is 4.66. The normalized spacial score (nSPS) is 12.0. The molecule has 0 aliphatic heterocycles. The van der Waals surface area contributed by atoms with Crippen LogP contribution in [0.4, 0.5) is 4.39 Å². The monoisotopic (exact) mass is 338 g/mol. The number of halogens is 1. The highest BCUT2D eigenvalue weighted by atomic mass is 28.4. The first-order chi connectivity index (χ1) is 10.7. The van der Waals surface area contributed by atoms with Crippen molar-refractivity contribution in [1.82, 2.24) is 4.98 Å². The molecule has 0 radical (unpaired) electrons. The summed E-state index contributed by atoms with van der Waals surface area (Å²) < 4.78 is 24.9. The average molecular weight is 338 g/mol. The van der Waals surface area contributed by atoms with Gasteiger partial charge in [-0.05, 0) is 49.5 Å².